The molecule has 1 aliphatic rings. The van der Waals surface area contributed by atoms with Crippen molar-refractivity contribution in [3.05, 3.63) is 24.3 Å². The highest BCUT2D eigenvalue weighted by Crippen LogP contribution is 2.09. The maximum absolute atomic E-state index is 11.5. The van der Waals surface area contributed by atoms with Crippen molar-refractivity contribution in [2.24, 2.45) is 0 Å². The Bertz CT molecular complexity index is 250. The Hall–Kier alpha value is -0.850. The fourth-order valence-corrected chi connectivity index (χ4v) is 2.14. The summed E-state index contributed by atoms with van der Waals surface area (Å²) in [6, 6.07) is 0. The fraction of sp³-hybridized carbons (Fsp3) is 0.688. The molecule has 1 aliphatic carbocycles. The molecule has 0 aliphatic heterocycles. The second kappa shape index (κ2) is 10.3. The minimum absolute atomic E-state index is 0.426. The lowest BCUT2D eigenvalue weighted by Crippen LogP contribution is -1.96. The lowest BCUT2D eigenvalue weighted by molar-refractivity contribution is -0.119. The molecule has 0 radical (unpaired) electrons. The van der Waals surface area contributed by atoms with Gasteiger partial charge in [-0.05, 0) is 44.9 Å². The summed E-state index contributed by atoms with van der Waals surface area (Å²) >= 11 is 0. The predicted octanol–water partition coefficient (Wildman–Crippen LogP) is 4.97. The number of carbonyl (C=O) groups is 1. The summed E-state index contributed by atoms with van der Waals surface area (Å²) in [5.41, 5.74) is 0. The molecular weight excluding hydrogens is 208 g/mol. The van der Waals surface area contributed by atoms with Crippen LogP contribution in [-0.2, 0) is 4.79 Å². The highest BCUT2D eigenvalue weighted by Gasteiger charge is 1.99. The van der Waals surface area contributed by atoms with Gasteiger partial charge in [0, 0.05) is 12.8 Å². The molecule has 0 fully saturated rings. The first-order chi connectivity index (χ1) is 8.39. The molecule has 17 heavy (non-hydrogen) atoms. The molecule has 0 saturated heterocycles. The molecule has 0 bridgehead atoms. The maximum atomic E-state index is 11.5. The van der Waals surface area contributed by atoms with Gasteiger partial charge in [0.05, 0.1) is 0 Å². The van der Waals surface area contributed by atoms with E-state index in [1.165, 1.54) is 38.5 Å². The molecule has 0 aromatic rings. The normalized spacial score (nSPS) is 21.5. The van der Waals surface area contributed by atoms with Crippen LogP contribution in [0.2, 0.25) is 0 Å². The van der Waals surface area contributed by atoms with E-state index in [0.717, 1.165) is 32.1 Å². The summed E-state index contributed by atoms with van der Waals surface area (Å²) in [6.45, 7) is 0. The van der Waals surface area contributed by atoms with Gasteiger partial charge in [-0.2, -0.15) is 0 Å². The molecule has 0 unspecified atom stereocenters. The summed E-state index contributed by atoms with van der Waals surface area (Å²) in [6.07, 6.45) is 21.2. The number of hydrogen-bond donors (Lipinski definition) is 0. The van der Waals surface area contributed by atoms with E-state index in [-0.39, 0.29) is 0 Å². The van der Waals surface area contributed by atoms with Crippen molar-refractivity contribution in [2.45, 2.75) is 70.6 Å². The summed E-state index contributed by atoms with van der Waals surface area (Å²) in [7, 11) is 0. The smallest absolute Gasteiger partial charge is 0.133 e. The molecule has 1 heteroatoms. The van der Waals surface area contributed by atoms with E-state index in [2.05, 4.69) is 24.3 Å². The van der Waals surface area contributed by atoms with E-state index in [1.807, 2.05) is 0 Å². The van der Waals surface area contributed by atoms with Crippen LogP contribution in [0.25, 0.3) is 0 Å². The molecular formula is C16H26O. The lowest BCUT2D eigenvalue weighted by atomic mass is 10.1. The van der Waals surface area contributed by atoms with Crippen LogP contribution in [0, 0.1) is 0 Å². The van der Waals surface area contributed by atoms with E-state index in [0.29, 0.717) is 5.78 Å². The van der Waals surface area contributed by atoms with Gasteiger partial charge in [0.25, 0.3) is 0 Å². The van der Waals surface area contributed by atoms with Crippen LogP contribution in [0.1, 0.15) is 70.6 Å². The van der Waals surface area contributed by atoms with Gasteiger partial charge in [0.1, 0.15) is 5.78 Å². The summed E-state index contributed by atoms with van der Waals surface area (Å²) in [4.78, 5) is 11.5. The molecule has 96 valence electrons. The van der Waals surface area contributed by atoms with Crippen LogP contribution in [0.5, 0.6) is 0 Å². The van der Waals surface area contributed by atoms with Crippen LogP contribution in [0.15, 0.2) is 24.3 Å². The van der Waals surface area contributed by atoms with Gasteiger partial charge in [0.2, 0.25) is 0 Å². The van der Waals surface area contributed by atoms with Crippen molar-refractivity contribution in [2.75, 3.05) is 0 Å². The Morgan fingerprint density at radius 2 is 1.12 bits per heavy atom. The van der Waals surface area contributed by atoms with Gasteiger partial charge in [-0.3, -0.25) is 4.79 Å². The molecule has 0 atom stereocenters. The number of hydrogen-bond acceptors (Lipinski definition) is 1. The first-order valence-electron chi connectivity index (χ1n) is 7.21. The third-order valence-corrected chi connectivity index (χ3v) is 3.24. The average Bonchev–Trinajstić information content (AvgIpc) is 2.32. The highest BCUT2D eigenvalue weighted by molar-refractivity contribution is 5.78. The zero-order chi connectivity index (χ0) is 12.2. The van der Waals surface area contributed by atoms with Gasteiger partial charge >= 0.3 is 0 Å². The standard InChI is InChI=1S/C16H26O/c17-16-14-12-10-8-6-4-2-1-3-5-7-9-11-13-15-16/h6,8-9,11H,1-5,7,10,12-15H2. The second-order valence-electron chi connectivity index (χ2n) is 4.90. The van der Waals surface area contributed by atoms with Gasteiger partial charge in [-0.15, -0.1) is 0 Å². The molecule has 0 aromatic heterocycles. The SMILES string of the molecule is O=C1CCC=CCCCCCCC=CCCC1. The summed E-state index contributed by atoms with van der Waals surface area (Å²) in [5, 5.41) is 0. The molecule has 1 nitrogen and oxygen atoms in total. The Morgan fingerprint density at radius 3 is 1.76 bits per heavy atom. The van der Waals surface area contributed by atoms with Crippen molar-refractivity contribution in [1.29, 1.82) is 0 Å². The minimum atomic E-state index is 0.426. The quantitative estimate of drug-likeness (QED) is 0.541. The Kier molecular flexibility index (Phi) is 8.62. The zero-order valence-corrected chi connectivity index (χ0v) is 11.0. The van der Waals surface area contributed by atoms with E-state index in [9.17, 15) is 4.79 Å². The van der Waals surface area contributed by atoms with Gasteiger partial charge < -0.3 is 0 Å². The first kappa shape index (κ1) is 14.2. The van der Waals surface area contributed by atoms with Crippen LogP contribution in [0.3, 0.4) is 0 Å². The van der Waals surface area contributed by atoms with Gasteiger partial charge in [-0.25, -0.2) is 0 Å². The predicted molar refractivity (Wildman–Crippen MR) is 74.1 cm³/mol. The maximum Gasteiger partial charge on any atom is 0.133 e. The summed E-state index contributed by atoms with van der Waals surface area (Å²) < 4.78 is 0. The number of ketones is 1. The summed E-state index contributed by atoms with van der Waals surface area (Å²) in [5.74, 6) is 0.426. The van der Waals surface area contributed by atoms with Crippen molar-refractivity contribution in [3.63, 3.8) is 0 Å². The third kappa shape index (κ3) is 8.91. The molecule has 0 saturated carbocycles. The zero-order valence-electron chi connectivity index (χ0n) is 11.0. The molecule has 0 N–H and O–H groups in total. The topological polar surface area (TPSA) is 17.1 Å². The van der Waals surface area contributed by atoms with Crippen molar-refractivity contribution in [3.8, 4) is 0 Å². The van der Waals surface area contributed by atoms with E-state index >= 15 is 0 Å². The monoisotopic (exact) mass is 234 g/mol. The van der Waals surface area contributed by atoms with Gasteiger partial charge in [0.15, 0.2) is 0 Å². The van der Waals surface area contributed by atoms with Gasteiger partial charge in [-0.1, -0.05) is 37.1 Å². The minimum Gasteiger partial charge on any atom is -0.300 e. The number of Topliss-reactive ketones (excluding diaryl/α,β-unsaturated/α-hetero) is 1. The van der Waals surface area contributed by atoms with Crippen molar-refractivity contribution < 1.29 is 4.79 Å². The van der Waals surface area contributed by atoms with E-state index in [1.54, 1.807) is 0 Å². The third-order valence-electron chi connectivity index (χ3n) is 3.24. The van der Waals surface area contributed by atoms with Crippen molar-refractivity contribution >= 4 is 5.78 Å². The van der Waals surface area contributed by atoms with E-state index < -0.39 is 0 Å². The molecule has 0 heterocycles. The molecule has 0 aromatic carbocycles. The fourth-order valence-electron chi connectivity index (χ4n) is 2.14. The van der Waals surface area contributed by atoms with Crippen LogP contribution in [-0.4, -0.2) is 5.78 Å². The lowest BCUT2D eigenvalue weighted by Gasteiger charge is -1.99. The Balaban J connectivity index is 2.25. The number of rotatable bonds is 0. The molecule has 0 spiro atoms. The Labute approximate surface area is 106 Å². The van der Waals surface area contributed by atoms with E-state index in [4.69, 9.17) is 0 Å². The first-order valence-corrected chi connectivity index (χ1v) is 7.21. The highest BCUT2D eigenvalue weighted by atomic mass is 16.1. The molecule has 1 rings (SSSR count). The van der Waals surface area contributed by atoms with Crippen LogP contribution < -0.4 is 0 Å². The molecule has 0 amide bonds. The average molecular weight is 234 g/mol. The second-order valence-corrected chi connectivity index (χ2v) is 4.90. The van der Waals surface area contributed by atoms with Crippen molar-refractivity contribution in [1.82, 2.24) is 0 Å². The Morgan fingerprint density at radius 1 is 0.588 bits per heavy atom. The van der Waals surface area contributed by atoms with Crippen LogP contribution in [0.4, 0.5) is 0 Å². The number of allylic oxidation sites excluding steroid dienone is 4. The largest absolute Gasteiger partial charge is 0.300 e. The number of carbonyl (C=O) groups excluding carboxylic acids is 1. The van der Waals surface area contributed by atoms with Crippen LogP contribution >= 0.6 is 0 Å².